The molecule has 0 aromatic heterocycles. The molecule has 1 aromatic rings. The number of benzene rings is 1. The number of halogens is 3. The van der Waals surface area contributed by atoms with E-state index in [-0.39, 0.29) is 54.0 Å². The van der Waals surface area contributed by atoms with E-state index < -0.39 is 6.61 Å². The number of guanidine groups is 1. The Bertz CT molecular complexity index is 648. The van der Waals surface area contributed by atoms with Crippen molar-refractivity contribution in [2.75, 3.05) is 20.2 Å². The van der Waals surface area contributed by atoms with E-state index in [1.165, 1.54) is 0 Å². The molecule has 0 aliphatic heterocycles. The van der Waals surface area contributed by atoms with Crippen LogP contribution < -0.4 is 25.4 Å². The lowest BCUT2D eigenvalue weighted by molar-refractivity contribution is -0.121. The lowest BCUT2D eigenvalue weighted by Crippen LogP contribution is -2.40. The summed E-state index contributed by atoms with van der Waals surface area (Å²) in [4.78, 5) is 15.9. The Hall–Kier alpha value is -1.85. The Morgan fingerprint density at radius 3 is 2.55 bits per heavy atom. The number of alkyl halides is 2. The van der Waals surface area contributed by atoms with Crippen molar-refractivity contribution in [3.05, 3.63) is 23.8 Å². The molecule has 1 atom stereocenters. The number of rotatable bonds is 11. The Kier molecular flexibility index (Phi) is 14.1. The minimum Gasteiger partial charge on any atom is -0.490 e. The van der Waals surface area contributed by atoms with E-state index in [0.29, 0.717) is 31.1 Å². The van der Waals surface area contributed by atoms with E-state index in [1.807, 2.05) is 13.8 Å². The van der Waals surface area contributed by atoms with Gasteiger partial charge in [0.2, 0.25) is 5.91 Å². The third kappa shape index (κ3) is 10.5. The van der Waals surface area contributed by atoms with E-state index in [2.05, 4.69) is 25.7 Å². The summed E-state index contributed by atoms with van der Waals surface area (Å²) in [7, 11) is 1.59. The summed E-state index contributed by atoms with van der Waals surface area (Å²) < 4.78 is 35.6. The third-order valence-corrected chi connectivity index (χ3v) is 3.90. The van der Waals surface area contributed by atoms with Crippen LogP contribution in [-0.2, 0) is 11.3 Å². The Morgan fingerprint density at radius 2 is 1.97 bits per heavy atom. The first-order chi connectivity index (χ1) is 13.4. The Labute approximate surface area is 188 Å². The fourth-order valence-electron chi connectivity index (χ4n) is 2.34. The van der Waals surface area contributed by atoms with Crippen molar-refractivity contribution in [2.45, 2.75) is 52.8 Å². The Balaban J connectivity index is 0.00000784. The minimum absolute atomic E-state index is 0. The van der Waals surface area contributed by atoms with Crippen LogP contribution in [0.1, 0.15) is 39.2 Å². The molecule has 0 aliphatic carbocycles. The highest BCUT2D eigenvalue weighted by Gasteiger charge is 2.16. The van der Waals surface area contributed by atoms with Gasteiger partial charge in [-0.2, -0.15) is 8.78 Å². The lowest BCUT2D eigenvalue weighted by atomic mass is 10.2. The van der Waals surface area contributed by atoms with Crippen LogP contribution >= 0.6 is 24.0 Å². The predicted octanol–water partition coefficient (Wildman–Crippen LogP) is 3.27. The number of amides is 1. The normalized spacial score (nSPS) is 12.0. The van der Waals surface area contributed by atoms with Gasteiger partial charge in [-0.25, -0.2) is 0 Å². The second kappa shape index (κ2) is 15.1. The summed E-state index contributed by atoms with van der Waals surface area (Å²) in [6.07, 6.45) is 1.16. The molecule has 29 heavy (non-hydrogen) atoms. The van der Waals surface area contributed by atoms with E-state index in [9.17, 15) is 13.6 Å². The van der Waals surface area contributed by atoms with Gasteiger partial charge in [0.15, 0.2) is 17.5 Å². The molecule has 1 rings (SSSR count). The van der Waals surface area contributed by atoms with Gasteiger partial charge in [0, 0.05) is 38.2 Å². The van der Waals surface area contributed by atoms with E-state index >= 15 is 0 Å². The molecule has 0 saturated heterocycles. The summed E-state index contributed by atoms with van der Waals surface area (Å²) in [5, 5.41) is 8.92. The monoisotopic (exact) mass is 528 g/mol. The average molecular weight is 528 g/mol. The first-order valence-corrected chi connectivity index (χ1v) is 9.34. The van der Waals surface area contributed by atoms with Gasteiger partial charge in [0.05, 0.1) is 6.61 Å². The molecule has 0 aliphatic rings. The smallest absolute Gasteiger partial charge is 0.387 e. The van der Waals surface area contributed by atoms with Gasteiger partial charge in [0.25, 0.3) is 0 Å². The van der Waals surface area contributed by atoms with Gasteiger partial charge in [-0.15, -0.1) is 24.0 Å². The van der Waals surface area contributed by atoms with Crippen molar-refractivity contribution < 1.29 is 23.0 Å². The summed E-state index contributed by atoms with van der Waals surface area (Å²) >= 11 is 0. The summed E-state index contributed by atoms with van der Waals surface area (Å²) in [5.41, 5.74) is 0.503. The largest absolute Gasteiger partial charge is 0.490 e. The van der Waals surface area contributed by atoms with Crippen LogP contribution in [0.15, 0.2) is 23.2 Å². The quantitative estimate of drug-likeness (QED) is 0.233. The maximum atomic E-state index is 12.8. The van der Waals surface area contributed by atoms with Gasteiger partial charge < -0.3 is 25.4 Å². The zero-order valence-electron chi connectivity index (χ0n) is 17.3. The fourth-order valence-corrected chi connectivity index (χ4v) is 2.34. The second-order valence-electron chi connectivity index (χ2n) is 6.04. The Morgan fingerprint density at radius 1 is 1.24 bits per heavy atom. The van der Waals surface area contributed by atoms with Crippen LogP contribution in [0.3, 0.4) is 0 Å². The van der Waals surface area contributed by atoms with Crippen LogP contribution in [0.4, 0.5) is 8.78 Å². The fraction of sp³-hybridized carbons (Fsp3) is 0.579. The molecule has 1 aromatic carbocycles. The molecule has 0 heterocycles. The van der Waals surface area contributed by atoms with Crippen LogP contribution in [0.25, 0.3) is 0 Å². The zero-order chi connectivity index (χ0) is 20.9. The van der Waals surface area contributed by atoms with E-state index in [0.717, 1.165) is 6.42 Å². The number of nitrogens with zero attached hydrogens (tertiary/aromatic N) is 1. The molecule has 1 unspecified atom stereocenters. The molecule has 1 amide bonds. The summed E-state index contributed by atoms with van der Waals surface area (Å²) in [5.74, 6) is 0.650. The first-order valence-electron chi connectivity index (χ1n) is 9.34. The van der Waals surface area contributed by atoms with Crippen molar-refractivity contribution in [2.24, 2.45) is 4.99 Å². The molecule has 0 spiro atoms. The van der Waals surface area contributed by atoms with Crippen molar-refractivity contribution in [3.8, 4) is 11.5 Å². The van der Waals surface area contributed by atoms with Crippen molar-refractivity contribution in [1.29, 1.82) is 0 Å². The van der Waals surface area contributed by atoms with Crippen LogP contribution in [0.5, 0.6) is 11.5 Å². The maximum absolute atomic E-state index is 12.8. The van der Waals surface area contributed by atoms with Gasteiger partial charge >= 0.3 is 6.61 Å². The molecule has 0 bridgehead atoms. The highest BCUT2D eigenvalue weighted by molar-refractivity contribution is 14.0. The number of carbonyl (C=O) groups excluding carboxylic acids is 1. The number of nitrogens with one attached hydrogen (secondary N) is 3. The summed E-state index contributed by atoms with van der Waals surface area (Å²) in [6, 6.07) is 5.08. The zero-order valence-corrected chi connectivity index (χ0v) is 19.6. The van der Waals surface area contributed by atoms with E-state index in [1.54, 1.807) is 32.2 Å². The van der Waals surface area contributed by atoms with Gasteiger partial charge in [-0.3, -0.25) is 9.79 Å². The van der Waals surface area contributed by atoms with Crippen LogP contribution in [0.2, 0.25) is 0 Å². The summed E-state index contributed by atoms with van der Waals surface area (Å²) in [6.45, 7) is 3.67. The van der Waals surface area contributed by atoms with Crippen molar-refractivity contribution >= 4 is 35.8 Å². The molecular weight excluding hydrogens is 497 g/mol. The number of ether oxygens (including phenoxy) is 2. The predicted molar refractivity (Wildman–Crippen MR) is 120 cm³/mol. The molecule has 3 N–H and O–H groups in total. The van der Waals surface area contributed by atoms with Crippen LogP contribution in [-0.4, -0.2) is 44.7 Å². The number of hydrogen-bond acceptors (Lipinski definition) is 4. The van der Waals surface area contributed by atoms with E-state index in [4.69, 9.17) is 4.74 Å². The number of aliphatic imine (C=N–C) groups is 1. The topological polar surface area (TPSA) is 84.0 Å². The van der Waals surface area contributed by atoms with Crippen molar-refractivity contribution in [3.63, 3.8) is 0 Å². The van der Waals surface area contributed by atoms with Gasteiger partial charge in [-0.1, -0.05) is 19.1 Å². The van der Waals surface area contributed by atoms with Gasteiger partial charge in [-0.05, 0) is 26.3 Å². The maximum Gasteiger partial charge on any atom is 0.387 e. The lowest BCUT2D eigenvalue weighted by Gasteiger charge is -2.17. The molecule has 0 fully saturated rings. The standard InChI is InChI=1S/C19H30F2N4O3.HI/c1-5-13(3)25-16(26)10-11-23-19(22-4)24-12-14-8-7-9-15(27-6-2)17(14)28-18(20)21;/h7-9,13,18H,5-6,10-12H2,1-4H3,(H,25,26)(H2,22,23,24);1H. The van der Waals surface area contributed by atoms with Crippen molar-refractivity contribution in [1.82, 2.24) is 16.0 Å². The third-order valence-electron chi connectivity index (χ3n) is 3.90. The number of para-hydroxylation sites is 1. The molecule has 166 valence electrons. The molecule has 10 heteroatoms. The van der Waals surface area contributed by atoms with Crippen LogP contribution in [0, 0.1) is 0 Å². The number of hydrogen-bond donors (Lipinski definition) is 3. The highest BCUT2D eigenvalue weighted by Crippen LogP contribution is 2.32. The minimum atomic E-state index is -2.96. The highest BCUT2D eigenvalue weighted by atomic mass is 127. The molecule has 0 saturated carbocycles. The molecule has 0 radical (unpaired) electrons. The number of carbonyl (C=O) groups is 1. The molecular formula is C19H31F2IN4O3. The first kappa shape index (κ1) is 27.1. The second-order valence-corrected chi connectivity index (χ2v) is 6.04. The van der Waals surface area contributed by atoms with Gasteiger partial charge in [0.1, 0.15) is 0 Å². The average Bonchev–Trinajstić information content (AvgIpc) is 2.66. The molecule has 7 nitrogen and oxygen atoms in total. The SMILES string of the molecule is CCOc1cccc(CNC(=NC)NCCC(=O)NC(C)CC)c1OC(F)F.I.